The second-order valence-corrected chi connectivity index (χ2v) is 8.03. The molecule has 1 fully saturated rings. The Morgan fingerprint density at radius 2 is 1.69 bits per heavy atom. The van der Waals surface area contributed by atoms with E-state index in [0.29, 0.717) is 48.5 Å². The van der Waals surface area contributed by atoms with Crippen molar-refractivity contribution in [3.05, 3.63) is 71.4 Å². The molecule has 8 heteroatoms. The molecule has 7 nitrogen and oxygen atoms in total. The molecule has 0 saturated carbocycles. The van der Waals surface area contributed by atoms with Gasteiger partial charge in [-0.1, -0.05) is 23.7 Å². The lowest BCUT2D eigenvalue weighted by Crippen LogP contribution is -2.54. The summed E-state index contributed by atoms with van der Waals surface area (Å²) in [6.45, 7) is 2.12. The van der Waals surface area contributed by atoms with Gasteiger partial charge in [0.1, 0.15) is 11.5 Å². The highest BCUT2D eigenvalue weighted by Crippen LogP contribution is 2.35. The predicted molar refractivity (Wildman–Crippen MR) is 119 cm³/mol. The lowest BCUT2D eigenvalue weighted by Gasteiger charge is -2.37. The van der Waals surface area contributed by atoms with E-state index in [0.717, 1.165) is 5.56 Å². The Morgan fingerprint density at radius 3 is 2.47 bits per heavy atom. The minimum atomic E-state index is -0.794. The number of hydrogen-bond donors (Lipinski definition) is 0. The Hall–Kier alpha value is -3.29. The Bertz CT molecular complexity index is 1140. The molecule has 0 bridgehead atoms. The van der Waals surface area contributed by atoms with Crippen LogP contribution in [0, 0.1) is 0 Å². The summed E-state index contributed by atoms with van der Waals surface area (Å²) < 4.78 is 17.2. The smallest absolute Gasteiger partial charge is 0.294 e. The Labute approximate surface area is 190 Å². The highest BCUT2D eigenvalue weighted by Gasteiger charge is 2.37. The van der Waals surface area contributed by atoms with Crippen LogP contribution in [-0.4, -0.2) is 55.7 Å². The molecular formula is C24H21ClN2O5. The predicted octanol–water partition coefficient (Wildman–Crippen LogP) is 3.87. The summed E-state index contributed by atoms with van der Waals surface area (Å²) in [6.07, 6.45) is -0.794. The standard InChI is InChI=1S/C24H21ClN2O5/c25-17-7-5-16(6-8-17)19-9-10-21(31-19)24(29)27-15-22(23(28)26-11-13-30-14-12-26)32-20-4-2-1-3-18(20)27/h1-10,22H,11-15H2/t22-/m0/s1. The maximum absolute atomic E-state index is 13.4. The molecule has 0 radical (unpaired) electrons. The van der Waals surface area contributed by atoms with Crippen molar-refractivity contribution in [1.29, 1.82) is 0 Å². The van der Waals surface area contributed by atoms with Crippen molar-refractivity contribution < 1.29 is 23.5 Å². The minimum absolute atomic E-state index is 0.100. The molecule has 32 heavy (non-hydrogen) atoms. The van der Waals surface area contributed by atoms with Crippen molar-refractivity contribution in [2.75, 3.05) is 37.7 Å². The van der Waals surface area contributed by atoms with Crippen LogP contribution in [0.3, 0.4) is 0 Å². The highest BCUT2D eigenvalue weighted by molar-refractivity contribution is 6.30. The second kappa shape index (κ2) is 8.68. The number of fused-ring (bicyclic) bond motifs is 1. The molecule has 1 saturated heterocycles. The molecule has 0 spiro atoms. The molecule has 1 atom stereocenters. The number of para-hydroxylation sites is 2. The summed E-state index contributed by atoms with van der Waals surface area (Å²) in [5, 5.41) is 0.623. The average Bonchev–Trinajstić information content (AvgIpc) is 3.34. The fourth-order valence-electron chi connectivity index (χ4n) is 3.90. The van der Waals surface area contributed by atoms with Crippen LogP contribution in [0.2, 0.25) is 5.02 Å². The molecule has 2 aromatic carbocycles. The molecule has 3 heterocycles. The SMILES string of the molecule is O=C([C@@H]1CN(C(=O)c2ccc(-c3ccc(Cl)cc3)o2)c2ccccc2O1)N1CCOCC1. The number of anilines is 1. The van der Waals surface area contributed by atoms with Crippen LogP contribution >= 0.6 is 11.6 Å². The van der Waals surface area contributed by atoms with Gasteiger partial charge in [-0.3, -0.25) is 14.5 Å². The summed E-state index contributed by atoms with van der Waals surface area (Å²) in [5.74, 6) is 0.752. The van der Waals surface area contributed by atoms with Crippen molar-refractivity contribution in [3.63, 3.8) is 0 Å². The van der Waals surface area contributed by atoms with Gasteiger partial charge in [-0.15, -0.1) is 0 Å². The van der Waals surface area contributed by atoms with E-state index in [1.54, 1.807) is 46.2 Å². The zero-order valence-corrected chi connectivity index (χ0v) is 18.0. The fourth-order valence-corrected chi connectivity index (χ4v) is 4.02. The molecule has 2 aliphatic rings. The first kappa shape index (κ1) is 20.6. The summed E-state index contributed by atoms with van der Waals surface area (Å²) in [7, 11) is 0. The first-order valence-corrected chi connectivity index (χ1v) is 10.8. The Kier molecular flexibility index (Phi) is 5.59. The van der Waals surface area contributed by atoms with Gasteiger partial charge >= 0.3 is 0 Å². The van der Waals surface area contributed by atoms with Crippen molar-refractivity contribution in [1.82, 2.24) is 4.90 Å². The number of carbonyl (C=O) groups is 2. The van der Waals surface area contributed by atoms with Gasteiger partial charge in [0.05, 0.1) is 25.4 Å². The van der Waals surface area contributed by atoms with Gasteiger partial charge in [0.25, 0.3) is 11.8 Å². The summed E-state index contributed by atoms with van der Waals surface area (Å²) in [6, 6.07) is 17.8. The molecule has 164 valence electrons. The van der Waals surface area contributed by atoms with E-state index in [4.69, 9.17) is 25.5 Å². The molecule has 5 rings (SSSR count). The summed E-state index contributed by atoms with van der Waals surface area (Å²) in [4.78, 5) is 29.7. The van der Waals surface area contributed by atoms with Crippen LogP contribution in [0.15, 0.2) is 65.1 Å². The summed E-state index contributed by atoms with van der Waals surface area (Å²) in [5.41, 5.74) is 1.42. The number of nitrogens with zero attached hydrogens (tertiary/aromatic N) is 2. The number of morpholine rings is 1. The number of amides is 2. The van der Waals surface area contributed by atoms with E-state index in [1.165, 1.54) is 0 Å². The van der Waals surface area contributed by atoms with Gasteiger partial charge in [-0.05, 0) is 48.5 Å². The zero-order chi connectivity index (χ0) is 22.1. The third-order valence-corrected chi connectivity index (χ3v) is 5.81. The first-order chi connectivity index (χ1) is 15.6. The van der Waals surface area contributed by atoms with Crippen molar-refractivity contribution >= 4 is 29.1 Å². The van der Waals surface area contributed by atoms with Crippen LogP contribution in [0.4, 0.5) is 5.69 Å². The van der Waals surface area contributed by atoms with Crippen molar-refractivity contribution in [2.45, 2.75) is 6.10 Å². The lowest BCUT2D eigenvalue weighted by atomic mass is 10.1. The third-order valence-electron chi connectivity index (χ3n) is 5.56. The number of ether oxygens (including phenoxy) is 2. The van der Waals surface area contributed by atoms with Gasteiger partial charge < -0.3 is 18.8 Å². The second-order valence-electron chi connectivity index (χ2n) is 7.60. The Balaban J connectivity index is 1.42. The number of halogens is 1. The fraction of sp³-hybridized carbons (Fsp3) is 0.250. The largest absolute Gasteiger partial charge is 0.476 e. The minimum Gasteiger partial charge on any atom is -0.476 e. The normalized spacial score (nSPS) is 18.1. The average molecular weight is 453 g/mol. The van der Waals surface area contributed by atoms with Crippen molar-refractivity contribution in [3.8, 4) is 17.1 Å². The molecule has 0 unspecified atom stereocenters. The number of rotatable bonds is 3. The van der Waals surface area contributed by atoms with E-state index in [1.807, 2.05) is 24.3 Å². The number of furan rings is 1. The van der Waals surface area contributed by atoms with Gasteiger partial charge in [-0.25, -0.2) is 0 Å². The number of carbonyl (C=O) groups excluding carboxylic acids is 2. The summed E-state index contributed by atoms with van der Waals surface area (Å²) >= 11 is 5.96. The molecule has 0 aliphatic carbocycles. The quantitative estimate of drug-likeness (QED) is 0.603. The van der Waals surface area contributed by atoms with E-state index >= 15 is 0 Å². The van der Waals surface area contributed by atoms with E-state index in [9.17, 15) is 9.59 Å². The van der Waals surface area contributed by atoms with Crippen LogP contribution in [0.25, 0.3) is 11.3 Å². The van der Waals surface area contributed by atoms with Gasteiger partial charge in [0.15, 0.2) is 11.9 Å². The van der Waals surface area contributed by atoms with Crippen LogP contribution in [0.5, 0.6) is 5.75 Å². The van der Waals surface area contributed by atoms with E-state index in [-0.39, 0.29) is 24.1 Å². The number of hydrogen-bond acceptors (Lipinski definition) is 5. The van der Waals surface area contributed by atoms with Gasteiger partial charge in [0, 0.05) is 23.7 Å². The molecule has 2 aliphatic heterocycles. The zero-order valence-electron chi connectivity index (χ0n) is 17.2. The van der Waals surface area contributed by atoms with Gasteiger partial charge in [0.2, 0.25) is 0 Å². The van der Waals surface area contributed by atoms with Crippen molar-refractivity contribution in [2.24, 2.45) is 0 Å². The highest BCUT2D eigenvalue weighted by atomic mass is 35.5. The molecule has 3 aromatic rings. The number of benzene rings is 2. The Morgan fingerprint density at radius 1 is 0.938 bits per heavy atom. The monoisotopic (exact) mass is 452 g/mol. The maximum atomic E-state index is 13.4. The molecular weight excluding hydrogens is 432 g/mol. The lowest BCUT2D eigenvalue weighted by molar-refractivity contribution is -0.142. The topological polar surface area (TPSA) is 72.2 Å². The van der Waals surface area contributed by atoms with Crippen LogP contribution in [0.1, 0.15) is 10.6 Å². The van der Waals surface area contributed by atoms with E-state index in [2.05, 4.69) is 0 Å². The maximum Gasteiger partial charge on any atom is 0.294 e. The first-order valence-electron chi connectivity index (χ1n) is 10.4. The van der Waals surface area contributed by atoms with E-state index < -0.39 is 6.10 Å². The molecule has 2 amide bonds. The third kappa shape index (κ3) is 3.97. The molecule has 1 aromatic heterocycles. The van der Waals surface area contributed by atoms with Crippen LogP contribution in [-0.2, 0) is 9.53 Å². The van der Waals surface area contributed by atoms with Gasteiger partial charge in [-0.2, -0.15) is 0 Å². The van der Waals surface area contributed by atoms with Crippen LogP contribution < -0.4 is 9.64 Å². The molecule has 0 N–H and O–H groups in total.